The van der Waals surface area contributed by atoms with Gasteiger partial charge in [-0.3, -0.25) is 14.2 Å². The number of aliphatic hydroxyl groups is 1. The van der Waals surface area contributed by atoms with Crippen LogP contribution in [0.15, 0.2) is 0 Å². The molecule has 0 bridgehead atoms. The summed E-state index contributed by atoms with van der Waals surface area (Å²) in [5.74, 6) is -3.39. The van der Waals surface area contributed by atoms with E-state index in [4.69, 9.17) is 0 Å². The molecule has 1 atom stereocenters. The molecule has 25 heavy (non-hydrogen) atoms. The van der Waals surface area contributed by atoms with Crippen molar-refractivity contribution in [2.75, 3.05) is 21.1 Å². The van der Waals surface area contributed by atoms with Gasteiger partial charge < -0.3 is 19.4 Å². The largest absolute Gasteiger partial charge is 0.386 e. The highest BCUT2D eigenvalue weighted by Gasteiger charge is 2.62. The lowest BCUT2D eigenvalue weighted by Crippen LogP contribution is -2.65. The number of quaternary nitrogens is 1. The molecule has 8 heteroatoms. The lowest BCUT2D eigenvalue weighted by Gasteiger charge is -2.42. The van der Waals surface area contributed by atoms with Crippen LogP contribution < -0.4 is 0 Å². The Balaban J connectivity index is 5.89. The van der Waals surface area contributed by atoms with E-state index in [1.807, 2.05) is 13.8 Å². The second-order valence-electron chi connectivity index (χ2n) is 7.61. The van der Waals surface area contributed by atoms with Crippen molar-refractivity contribution in [1.29, 1.82) is 0 Å². The van der Waals surface area contributed by atoms with Gasteiger partial charge in [0.25, 0.3) is 0 Å². The van der Waals surface area contributed by atoms with E-state index >= 15 is 0 Å². The third-order valence-corrected chi connectivity index (χ3v) is 5.99. The van der Waals surface area contributed by atoms with Crippen LogP contribution in [0.25, 0.3) is 0 Å². The molecule has 148 valence electrons. The molecule has 7 nitrogen and oxygen atoms in total. The number of hydrogen-bond donors (Lipinski definition) is 3. The Morgan fingerprint density at radius 2 is 1.28 bits per heavy atom. The predicted octanol–water partition coefficient (Wildman–Crippen LogP) is 2.23. The summed E-state index contributed by atoms with van der Waals surface area (Å²) in [6.07, 6.45) is 4.02. The number of carbonyl (C=O) groups excluding carboxylic acids is 2. The highest BCUT2D eigenvalue weighted by molar-refractivity contribution is 7.52. The number of nitrogens with zero attached hydrogens (tertiary/aromatic N) is 1. The molecule has 0 radical (unpaired) electrons. The molecular weight excluding hydrogens is 345 g/mol. The number of rotatable bonds is 13. The van der Waals surface area contributed by atoms with Crippen LogP contribution in [0.2, 0.25) is 0 Å². The average Bonchev–Trinajstić information content (AvgIpc) is 2.44. The first-order valence-corrected chi connectivity index (χ1v) is 10.7. The smallest absolute Gasteiger partial charge is 0.370 e. The lowest BCUT2D eigenvalue weighted by atomic mass is 9.86. The number of unbranched alkanes of at least 4 members (excludes halogenated alkanes) is 4. The molecule has 0 saturated carbocycles. The van der Waals surface area contributed by atoms with Gasteiger partial charge in [0.2, 0.25) is 11.4 Å². The minimum atomic E-state index is -4.92. The van der Waals surface area contributed by atoms with E-state index < -0.39 is 30.5 Å². The van der Waals surface area contributed by atoms with E-state index in [0.29, 0.717) is 12.8 Å². The molecule has 0 heterocycles. The first-order valence-electron chi connectivity index (χ1n) is 8.98. The van der Waals surface area contributed by atoms with Crippen LogP contribution in [0.4, 0.5) is 0 Å². The molecule has 0 spiro atoms. The molecule has 0 aliphatic heterocycles. The SMILES string of the molecule is CCCCCC(=O)C(O)(C(=O)CCCCC)C([N+](C)(C)C)P(=O)(O)O. The molecule has 0 aromatic rings. The maximum atomic E-state index is 12.7. The topological polar surface area (TPSA) is 112 Å². The zero-order valence-corrected chi connectivity index (χ0v) is 17.1. The molecule has 0 aliphatic carbocycles. The second-order valence-corrected chi connectivity index (χ2v) is 9.27. The fraction of sp³-hybridized carbons (Fsp3) is 0.882. The minimum Gasteiger partial charge on any atom is -0.370 e. The summed E-state index contributed by atoms with van der Waals surface area (Å²) in [5, 5.41) is 11.1. The Hall–Kier alpha value is -0.590. The molecule has 3 N–H and O–H groups in total. The van der Waals surface area contributed by atoms with E-state index in [0.717, 1.165) is 25.7 Å². The van der Waals surface area contributed by atoms with Crippen molar-refractivity contribution < 1.29 is 33.5 Å². The molecule has 0 saturated heterocycles. The zero-order valence-electron chi connectivity index (χ0n) is 16.2. The maximum Gasteiger partial charge on any atom is 0.386 e. The average molecular weight is 380 g/mol. The lowest BCUT2D eigenvalue weighted by molar-refractivity contribution is -0.887. The van der Waals surface area contributed by atoms with E-state index in [1.54, 1.807) is 0 Å². The van der Waals surface area contributed by atoms with Gasteiger partial charge in [-0.15, -0.1) is 0 Å². The molecule has 0 rings (SSSR count). The highest BCUT2D eigenvalue weighted by atomic mass is 31.2. The Morgan fingerprint density at radius 1 is 0.920 bits per heavy atom. The highest BCUT2D eigenvalue weighted by Crippen LogP contribution is 2.50. The van der Waals surface area contributed by atoms with Gasteiger partial charge in [0.1, 0.15) is 0 Å². The van der Waals surface area contributed by atoms with Gasteiger partial charge in [0, 0.05) is 12.8 Å². The number of hydrogen-bond acceptors (Lipinski definition) is 4. The van der Waals surface area contributed by atoms with E-state index in [9.17, 15) is 29.0 Å². The van der Waals surface area contributed by atoms with Gasteiger partial charge in [0.15, 0.2) is 11.6 Å². The van der Waals surface area contributed by atoms with Crippen molar-refractivity contribution in [1.82, 2.24) is 0 Å². The van der Waals surface area contributed by atoms with Crippen LogP contribution in [-0.2, 0) is 14.2 Å². The summed E-state index contributed by atoms with van der Waals surface area (Å²) < 4.78 is 11.7. The molecular formula is C17H35NO6P+. The number of ketones is 2. The van der Waals surface area contributed by atoms with Crippen LogP contribution in [0, 0.1) is 0 Å². The monoisotopic (exact) mass is 380 g/mol. The van der Waals surface area contributed by atoms with Crippen LogP contribution in [-0.4, -0.2) is 63.5 Å². The van der Waals surface area contributed by atoms with Gasteiger partial charge in [-0.1, -0.05) is 39.5 Å². The van der Waals surface area contributed by atoms with E-state index in [1.165, 1.54) is 21.1 Å². The summed E-state index contributed by atoms with van der Waals surface area (Å²) in [4.78, 5) is 45.1. The van der Waals surface area contributed by atoms with Gasteiger partial charge in [-0.2, -0.15) is 0 Å². The standard InChI is InChI=1S/C17H34NO6P/c1-6-8-10-12-14(19)17(21,15(20)13-11-9-7-2)16(18(3,4)5)25(22,23)24/h16,21H,6-13H2,1-5H3,(H-,22,23,24)/p+1. The van der Waals surface area contributed by atoms with Crippen LogP contribution in [0.1, 0.15) is 65.2 Å². The van der Waals surface area contributed by atoms with Crippen molar-refractivity contribution in [2.24, 2.45) is 0 Å². The maximum absolute atomic E-state index is 12.7. The van der Waals surface area contributed by atoms with Crippen molar-refractivity contribution in [2.45, 2.75) is 76.6 Å². The first kappa shape index (κ1) is 24.4. The second kappa shape index (κ2) is 9.93. The summed E-state index contributed by atoms with van der Waals surface area (Å²) in [7, 11) is -0.527. The Bertz CT molecular complexity index is 472. The van der Waals surface area contributed by atoms with Crippen LogP contribution >= 0.6 is 7.60 Å². The van der Waals surface area contributed by atoms with Crippen LogP contribution in [0.5, 0.6) is 0 Å². The third kappa shape index (κ3) is 6.91. The number of Topliss-reactive ketones (excluding diaryl/α,β-unsaturated/α-hetero) is 2. The Kier molecular flexibility index (Phi) is 9.69. The minimum absolute atomic E-state index is 0.0691. The molecule has 0 aromatic heterocycles. The van der Waals surface area contributed by atoms with E-state index in [2.05, 4.69) is 0 Å². The molecule has 0 aromatic carbocycles. The normalized spacial score (nSPS) is 14.4. The fourth-order valence-electron chi connectivity index (χ4n) is 3.15. The number of likely N-dealkylation sites (N-methyl/N-ethyl adjacent to an activating group) is 1. The third-order valence-electron chi connectivity index (χ3n) is 4.29. The molecule has 0 fully saturated rings. The Labute approximate surface area is 151 Å². The molecule has 0 amide bonds. The predicted molar refractivity (Wildman–Crippen MR) is 97.1 cm³/mol. The van der Waals surface area contributed by atoms with Crippen molar-refractivity contribution >= 4 is 19.2 Å². The molecule has 0 aliphatic rings. The van der Waals surface area contributed by atoms with Gasteiger partial charge in [-0.25, -0.2) is 0 Å². The summed E-state index contributed by atoms with van der Waals surface area (Å²) in [6.45, 7) is 3.91. The number of carbonyl (C=O) groups is 2. The first-order chi connectivity index (χ1) is 11.3. The quantitative estimate of drug-likeness (QED) is 0.195. The van der Waals surface area contributed by atoms with Gasteiger partial charge in [0.05, 0.1) is 21.1 Å². The molecule has 1 unspecified atom stereocenters. The van der Waals surface area contributed by atoms with Gasteiger partial charge in [-0.05, 0) is 12.8 Å². The fourth-order valence-corrected chi connectivity index (χ4v) is 4.83. The summed E-state index contributed by atoms with van der Waals surface area (Å²) in [6, 6.07) is 0. The summed E-state index contributed by atoms with van der Waals surface area (Å²) >= 11 is 0. The van der Waals surface area contributed by atoms with Crippen molar-refractivity contribution in [3.63, 3.8) is 0 Å². The van der Waals surface area contributed by atoms with Crippen molar-refractivity contribution in [3.8, 4) is 0 Å². The van der Waals surface area contributed by atoms with Crippen LogP contribution in [0.3, 0.4) is 0 Å². The Morgan fingerprint density at radius 3 is 1.52 bits per heavy atom. The van der Waals surface area contributed by atoms with Crippen molar-refractivity contribution in [3.05, 3.63) is 0 Å². The van der Waals surface area contributed by atoms with E-state index in [-0.39, 0.29) is 17.3 Å². The summed E-state index contributed by atoms with van der Waals surface area (Å²) in [5.41, 5.74) is -2.67. The zero-order chi connectivity index (χ0) is 19.9. The van der Waals surface area contributed by atoms with Gasteiger partial charge >= 0.3 is 7.60 Å².